The van der Waals surface area contributed by atoms with Gasteiger partial charge in [-0.15, -0.1) is 0 Å². The summed E-state index contributed by atoms with van der Waals surface area (Å²) in [5.41, 5.74) is 2.27. The fourth-order valence-corrected chi connectivity index (χ4v) is 4.19. The Kier molecular flexibility index (Phi) is 9.82. The number of H-pyrrole nitrogens is 1. The largest absolute Gasteiger partial charge is 0.360 e. The maximum Gasteiger partial charge on any atom is 0.243 e. The van der Waals surface area contributed by atoms with Crippen LogP contribution in [-0.4, -0.2) is 46.8 Å². The van der Waals surface area contributed by atoms with Crippen molar-refractivity contribution in [1.29, 1.82) is 5.41 Å². The van der Waals surface area contributed by atoms with Crippen molar-refractivity contribution >= 4 is 63.8 Å². The summed E-state index contributed by atoms with van der Waals surface area (Å²) in [5.74, 6) is -1.97. The molecule has 2 aromatic carbocycles. The second-order valence-corrected chi connectivity index (χ2v) is 9.33. The van der Waals surface area contributed by atoms with Gasteiger partial charge in [-0.25, -0.2) is 0 Å². The first kappa shape index (κ1) is 27.9. The zero-order valence-corrected chi connectivity index (χ0v) is 21.6. The SMILES string of the molecule is CC(=O)N[C@@H](Cc1c[nH]c2c(Cl)cccc12)C(=O)N[C@@H](CCC(=O)C=N)C(=O)NCc1ccc(Cl)cc1. The Morgan fingerprint density at radius 1 is 1.00 bits per heavy atom. The monoisotopic (exact) mass is 543 g/mol. The molecular formula is C26H27Cl2N5O4. The van der Waals surface area contributed by atoms with E-state index in [2.05, 4.69) is 20.9 Å². The van der Waals surface area contributed by atoms with Crippen LogP contribution in [0.15, 0.2) is 48.7 Å². The van der Waals surface area contributed by atoms with Crippen molar-refractivity contribution in [3.63, 3.8) is 0 Å². The number of aromatic amines is 1. The number of Topliss-reactive ketones (excluding diaryl/α,β-unsaturated/α-hetero) is 1. The predicted molar refractivity (Wildman–Crippen MR) is 143 cm³/mol. The molecule has 194 valence electrons. The molecule has 0 spiro atoms. The average Bonchev–Trinajstić information content (AvgIpc) is 3.29. The summed E-state index contributed by atoms with van der Waals surface area (Å²) in [7, 11) is 0. The molecule has 0 unspecified atom stereocenters. The van der Waals surface area contributed by atoms with Crippen molar-refractivity contribution < 1.29 is 19.2 Å². The molecule has 1 heterocycles. The highest BCUT2D eigenvalue weighted by molar-refractivity contribution is 6.35. The molecule has 0 aliphatic rings. The summed E-state index contributed by atoms with van der Waals surface area (Å²) in [6.45, 7) is 1.48. The maximum atomic E-state index is 13.3. The highest BCUT2D eigenvalue weighted by Crippen LogP contribution is 2.26. The summed E-state index contributed by atoms with van der Waals surface area (Å²) in [5, 5.41) is 17.1. The Balaban J connectivity index is 1.76. The molecule has 3 amide bonds. The van der Waals surface area contributed by atoms with Gasteiger partial charge in [0.25, 0.3) is 0 Å². The van der Waals surface area contributed by atoms with Gasteiger partial charge < -0.3 is 26.3 Å². The number of hydrogen-bond acceptors (Lipinski definition) is 5. The third-order valence-corrected chi connectivity index (χ3v) is 6.29. The summed E-state index contributed by atoms with van der Waals surface area (Å²) in [6, 6.07) is 10.2. The molecule has 9 nitrogen and oxygen atoms in total. The molecule has 0 aliphatic heterocycles. The Bertz CT molecular complexity index is 1310. The van der Waals surface area contributed by atoms with Crippen LogP contribution in [0.1, 0.15) is 30.9 Å². The number of fused-ring (bicyclic) bond motifs is 1. The van der Waals surface area contributed by atoms with E-state index in [0.29, 0.717) is 21.8 Å². The third kappa shape index (κ3) is 7.90. The number of benzene rings is 2. The number of amides is 3. The number of ketones is 1. The van der Waals surface area contributed by atoms with Gasteiger partial charge in [-0.05, 0) is 35.7 Å². The molecule has 1 aromatic heterocycles. The molecule has 5 N–H and O–H groups in total. The predicted octanol–water partition coefficient (Wildman–Crippen LogP) is 3.32. The van der Waals surface area contributed by atoms with Crippen LogP contribution in [-0.2, 0) is 32.1 Å². The van der Waals surface area contributed by atoms with E-state index >= 15 is 0 Å². The van der Waals surface area contributed by atoms with E-state index in [0.717, 1.165) is 16.5 Å². The molecular weight excluding hydrogens is 517 g/mol. The zero-order chi connectivity index (χ0) is 26.9. The number of carbonyl (C=O) groups excluding carboxylic acids is 4. The summed E-state index contributed by atoms with van der Waals surface area (Å²) in [6.07, 6.45) is 2.42. The van der Waals surface area contributed by atoms with E-state index in [-0.39, 0.29) is 25.8 Å². The molecule has 0 saturated heterocycles. The van der Waals surface area contributed by atoms with Gasteiger partial charge in [0.05, 0.1) is 16.8 Å². The quantitative estimate of drug-likeness (QED) is 0.223. The number of rotatable bonds is 12. The molecule has 2 atom stereocenters. The molecule has 0 aliphatic carbocycles. The van der Waals surface area contributed by atoms with E-state index in [9.17, 15) is 19.2 Å². The van der Waals surface area contributed by atoms with E-state index in [1.165, 1.54) is 6.92 Å². The van der Waals surface area contributed by atoms with Crippen molar-refractivity contribution in [3.8, 4) is 0 Å². The number of halogens is 2. The highest BCUT2D eigenvalue weighted by atomic mass is 35.5. The topological polar surface area (TPSA) is 144 Å². The van der Waals surface area contributed by atoms with Crippen LogP contribution in [0.2, 0.25) is 10.0 Å². The minimum absolute atomic E-state index is 0.0120. The lowest BCUT2D eigenvalue weighted by atomic mass is 10.0. The minimum atomic E-state index is -1.06. The first-order valence-corrected chi connectivity index (χ1v) is 12.3. The molecule has 0 radical (unpaired) electrons. The molecule has 3 rings (SSSR count). The first-order valence-electron chi connectivity index (χ1n) is 11.5. The summed E-state index contributed by atoms with van der Waals surface area (Å²) < 4.78 is 0. The van der Waals surface area contributed by atoms with Gasteiger partial charge in [-0.1, -0.05) is 47.5 Å². The summed E-state index contributed by atoms with van der Waals surface area (Å²) in [4.78, 5) is 52.9. The smallest absolute Gasteiger partial charge is 0.243 e. The van der Waals surface area contributed by atoms with Crippen LogP contribution in [0.5, 0.6) is 0 Å². The van der Waals surface area contributed by atoms with Gasteiger partial charge in [-0.3, -0.25) is 19.2 Å². The lowest BCUT2D eigenvalue weighted by molar-refractivity contribution is -0.132. The third-order valence-electron chi connectivity index (χ3n) is 5.72. The molecule has 11 heteroatoms. The van der Waals surface area contributed by atoms with Gasteiger partial charge in [0.2, 0.25) is 17.7 Å². The Hall–Kier alpha value is -3.69. The van der Waals surface area contributed by atoms with Crippen LogP contribution in [0.25, 0.3) is 10.9 Å². The maximum absolute atomic E-state index is 13.3. The molecule has 3 aromatic rings. The molecule has 0 fully saturated rings. The van der Waals surface area contributed by atoms with Gasteiger partial charge in [0, 0.05) is 42.9 Å². The highest BCUT2D eigenvalue weighted by Gasteiger charge is 2.27. The second kappa shape index (κ2) is 13.0. The van der Waals surface area contributed by atoms with Gasteiger partial charge in [0.15, 0.2) is 5.78 Å². The normalized spacial score (nSPS) is 12.4. The van der Waals surface area contributed by atoms with Crippen LogP contribution in [0, 0.1) is 5.41 Å². The second-order valence-electron chi connectivity index (χ2n) is 8.49. The minimum Gasteiger partial charge on any atom is -0.360 e. The molecule has 0 saturated carbocycles. The van der Waals surface area contributed by atoms with E-state index in [1.807, 2.05) is 6.07 Å². The number of carbonyl (C=O) groups is 4. The standard InChI is InChI=1S/C26H27Cl2N5O4/c1-15(34)32-23(11-17-14-30-24-20(17)3-2-4-21(24)28)26(37)33-22(10-9-19(35)12-29)25(36)31-13-16-5-7-18(27)8-6-16/h2-8,12,14,22-23,29-30H,9-11,13H2,1H3,(H,31,36)(H,32,34)(H,33,37)/t22-,23-/m0/s1. The van der Waals surface area contributed by atoms with Crippen molar-refractivity contribution in [3.05, 3.63) is 69.8 Å². The van der Waals surface area contributed by atoms with Crippen LogP contribution in [0.3, 0.4) is 0 Å². The zero-order valence-electron chi connectivity index (χ0n) is 20.1. The van der Waals surface area contributed by atoms with E-state index in [4.69, 9.17) is 28.6 Å². The lowest BCUT2D eigenvalue weighted by Gasteiger charge is -2.23. The van der Waals surface area contributed by atoms with Gasteiger partial charge >= 0.3 is 0 Å². The summed E-state index contributed by atoms with van der Waals surface area (Å²) >= 11 is 12.1. The van der Waals surface area contributed by atoms with E-state index in [1.54, 1.807) is 42.6 Å². The van der Waals surface area contributed by atoms with Gasteiger partial charge in [-0.2, -0.15) is 0 Å². The van der Waals surface area contributed by atoms with Crippen LogP contribution >= 0.6 is 23.2 Å². The van der Waals surface area contributed by atoms with Crippen molar-refractivity contribution in [2.75, 3.05) is 0 Å². The van der Waals surface area contributed by atoms with Crippen molar-refractivity contribution in [2.45, 2.75) is 44.8 Å². The fraction of sp³-hybridized carbons (Fsp3) is 0.269. The number of para-hydroxylation sites is 1. The van der Waals surface area contributed by atoms with E-state index < -0.39 is 35.6 Å². The van der Waals surface area contributed by atoms with Crippen LogP contribution < -0.4 is 16.0 Å². The number of nitrogens with one attached hydrogen (secondary N) is 5. The Morgan fingerprint density at radius 2 is 1.73 bits per heavy atom. The Labute approximate surface area is 223 Å². The Morgan fingerprint density at radius 3 is 2.41 bits per heavy atom. The molecule has 37 heavy (non-hydrogen) atoms. The van der Waals surface area contributed by atoms with Gasteiger partial charge in [0.1, 0.15) is 12.1 Å². The first-order chi connectivity index (χ1) is 17.7. The van der Waals surface area contributed by atoms with Crippen molar-refractivity contribution in [1.82, 2.24) is 20.9 Å². The molecule has 0 bridgehead atoms. The number of aromatic nitrogens is 1. The van der Waals surface area contributed by atoms with Crippen molar-refractivity contribution in [2.24, 2.45) is 0 Å². The number of hydrogen-bond donors (Lipinski definition) is 5. The lowest BCUT2D eigenvalue weighted by Crippen LogP contribution is -2.54. The fourth-order valence-electron chi connectivity index (χ4n) is 3.83. The average molecular weight is 544 g/mol. The van der Waals surface area contributed by atoms with Crippen LogP contribution in [0.4, 0.5) is 0 Å².